The van der Waals surface area contributed by atoms with Crippen LogP contribution in [0, 0.1) is 0 Å². The van der Waals surface area contributed by atoms with Gasteiger partial charge in [0.1, 0.15) is 5.75 Å². The molecule has 0 radical (unpaired) electrons. The van der Waals surface area contributed by atoms with E-state index in [1.165, 1.54) is 10.1 Å². The maximum Gasteiger partial charge on any atom is 0.262 e. The summed E-state index contributed by atoms with van der Waals surface area (Å²) in [4.78, 5) is 28.4. The Labute approximate surface area is 193 Å². The number of carbonyl (C=O) groups excluding carboxylic acids is 1. The van der Waals surface area contributed by atoms with E-state index in [9.17, 15) is 9.59 Å². The molecule has 4 rings (SSSR count). The molecule has 0 aliphatic carbocycles. The zero-order chi connectivity index (χ0) is 23.2. The molecule has 0 saturated heterocycles. The molecule has 0 bridgehead atoms. The average Bonchev–Trinajstić information content (AvgIpc) is 2.85. The minimum absolute atomic E-state index is 0.171. The molecule has 168 valence electrons. The van der Waals surface area contributed by atoms with Crippen LogP contribution in [0.3, 0.4) is 0 Å². The third kappa shape index (κ3) is 5.13. The molecule has 0 unspecified atom stereocenters. The zero-order valence-electron chi connectivity index (χ0n) is 18.8. The monoisotopic (exact) mass is 441 g/mol. The van der Waals surface area contributed by atoms with E-state index in [0.717, 1.165) is 6.54 Å². The minimum atomic E-state index is -0.207. The van der Waals surface area contributed by atoms with Gasteiger partial charge in [0.05, 0.1) is 12.7 Å². The lowest BCUT2D eigenvalue weighted by atomic mass is 10.1. The van der Waals surface area contributed by atoms with Gasteiger partial charge in [-0.3, -0.25) is 14.2 Å². The molecule has 1 N–H and O–H groups in total. The number of hydrogen-bond donors (Lipinski definition) is 1. The van der Waals surface area contributed by atoms with Crippen molar-refractivity contribution in [1.29, 1.82) is 0 Å². The number of rotatable bonds is 8. The molecule has 1 amide bonds. The fourth-order valence-corrected chi connectivity index (χ4v) is 3.84. The SMILES string of the molecule is COc1ccc(-n2cc(C(=O)NCCN(C)Cc3ccccc3)c3ccccc3c2=O)cc1. The standard InChI is InChI=1S/C27H27N3O3/c1-29(18-20-8-4-3-5-9-20)17-16-28-26(31)25-19-30(21-12-14-22(33-2)15-13-21)27(32)24-11-7-6-10-23(24)25/h3-15,19H,16-18H2,1-2H3,(H,28,31). The van der Waals surface area contributed by atoms with Crippen LogP contribution in [-0.4, -0.2) is 42.6 Å². The Balaban J connectivity index is 1.55. The summed E-state index contributed by atoms with van der Waals surface area (Å²) in [5.41, 5.74) is 2.19. The van der Waals surface area contributed by atoms with Gasteiger partial charge in [-0.1, -0.05) is 48.5 Å². The predicted octanol–water partition coefficient (Wildman–Crippen LogP) is 3.86. The molecule has 0 aliphatic heterocycles. The molecule has 0 saturated carbocycles. The van der Waals surface area contributed by atoms with Crippen LogP contribution in [0.15, 0.2) is 89.9 Å². The number of nitrogens with one attached hydrogen (secondary N) is 1. The second-order valence-electron chi connectivity index (χ2n) is 7.94. The Morgan fingerprint density at radius 1 is 0.939 bits per heavy atom. The summed E-state index contributed by atoms with van der Waals surface area (Å²) in [5, 5.41) is 4.15. The highest BCUT2D eigenvalue weighted by Crippen LogP contribution is 2.19. The van der Waals surface area contributed by atoms with Gasteiger partial charge in [0.25, 0.3) is 11.5 Å². The van der Waals surface area contributed by atoms with Crippen LogP contribution in [0.25, 0.3) is 16.5 Å². The van der Waals surface area contributed by atoms with Crippen molar-refractivity contribution in [3.05, 3.63) is 107 Å². The van der Waals surface area contributed by atoms with Crippen LogP contribution < -0.4 is 15.6 Å². The number of likely N-dealkylation sites (N-methyl/N-ethyl adjacent to an activating group) is 1. The van der Waals surface area contributed by atoms with E-state index in [2.05, 4.69) is 22.3 Å². The zero-order valence-corrected chi connectivity index (χ0v) is 18.8. The van der Waals surface area contributed by atoms with E-state index in [0.29, 0.717) is 40.9 Å². The van der Waals surface area contributed by atoms with Crippen LogP contribution in [0.5, 0.6) is 5.75 Å². The molecule has 0 spiro atoms. The number of carbonyl (C=O) groups is 1. The number of hydrogen-bond acceptors (Lipinski definition) is 4. The van der Waals surface area contributed by atoms with Gasteiger partial charge < -0.3 is 15.0 Å². The van der Waals surface area contributed by atoms with Gasteiger partial charge in [-0.25, -0.2) is 0 Å². The van der Waals surface area contributed by atoms with Gasteiger partial charge >= 0.3 is 0 Å². The number of amides is 1. The Kier molecular flexibility index (Phi) is 6.86. The summed E-state index contributed by atoms with van der Waals surface area (Å²) in [6, 6.07) is 24.6. The van der Waals surface area contributed by atoms with Crippen molar-refractivity contribution in [2.45, 2.75) is 6.54 Å². The lowest BCUT2D eigenvalue weighted by Crippen LogP contribution is -2.33. The van der Waals surface area contributed by atoms with Crippen molar-refractivity contribution >= 4 is 16.7 Å². The summed E-state index contributed by atoms with van der Waals surface area (Å²) >= 11 is 0. The third-order valence-electron chi connectivity index (χ3n) is 5.59. The maximum absolute atomic E-state index is 13.1. The van der Waals surface area contributed by atoms with E-state index in [1.54, 1.807) is 43.6 Å². The fourth-order valence-electron chi connectivity index (χ4n) is 3.84. The van der Waals surface area contributed by atoms with Crippen molar-refractivity contribution in [2.75, 3.05) is 27.2 Å². The highest BCUT2D eigenvalue weighted by molar-refractivity contribution is 6.06. The first-order valence-electron chi connectivity index (χ1n) is 10.9. The van der Waals surface area contributed by atoms with Crippen molar-refractivity contribution in [1.82, 2.24) is 14.8 Å². The number of aromatic nitrogens is 1. The van der Waals surface area contributed by atoms with Gasteiger partial charge in [-0.05, 0) is 42.9 Å². The van der Waals surface area contributed by atoms with E-state index < -0.39 is 0 Å². The quantitative estimate of drug-likeness (QED) is 0.451. The highest BCUT2D eigenvalue weighted by Gasteiger charge is 2.15. The third-order valence-corrected chi connectivity index (χ3v) is 5.59. The van der Waals surface area contributed by atoms with Crippen LogP contribution in [-0.2, 0) is 6.54 Å². The Morgan fingerprint density at radius 2 is 1.61 bits per heavy atom. The maximum atomic E-state index is 13.1. The summed E-state index contributed by atoms with van der Waals surface area (Å²) < 4.78 is 6.73. The van der Waals surface area contributed by atoms with Gasteiger partial charge in [-0.15, -0.1) is 0 Å². The first kappa shape index (κ1) is 22.3. The van der Waals surface area contributed by atoms with E-state index >= 15 is 0 Å². The topological polar surface area (TPSA) is 63.6 Å². The number of fused-ring (bicyclic) bond motifs is 1. The first-order chi connectivity index (χ1) is 16.1. The van der Waals surface area contributed by atoms with Crippen molar-refractivity contribution in [3.63, 3.8) is 0 Å². The normalized spacial score (nSPS) is 11.0. The molecular weight excluding hydrogens is 414 g/mol. The average molecular weight is 442 g/mol. The number of nitrogens with zero attached hydrogens (tertiary/aromatic N) is 2. The highest BCUT2D eigenvalue weighted by atomic mass is 16.5. The predicted molar refractivity (Wildman–Crippen MR) is 131 cm³/mol. The summed E-state index contributed by atoms with van der Waals surface area (Å²) in [5.74, 6) is 0.492. The van der Waals surface area contributed by atoms with E-state index in [4.69, 9.17) is 4.74 Å². The lowest BCUT2D eigenvalue weighted by molar-refractivity contribution is 0.0950. The van der Waals surface area contributed by atoms with Crippen LogP contribution >= 0.6 is 0 Å². The Morgan fingerprint density at radius 3 is 2.30 bits per heavy atom. The molecule has 0 atom stereocenters. The Hall–Kier alpha value is -3.90. The second kappa shape index (κ2) is 10.1. The van der Waals surface area contributed by atoms with Gasteiger partial charge in [-0.2, -0.15) is 0 Å². The number of pyridine rings is 1. The first-order valence-corrected chi connectivity index (χ1v) is 10.9. The van der Waals surface area contributed by atoms with Crippen LogP contribution in [0.2, 0.25) is 0 Å². The molecule has 33 heavy (non-hydrogen) atoms. The molecule has 3 aromatic carbocycles. The molecule has 1 heterocycles. The smallest absolute Gasteiger partial charge is 0.262 e. The van der Waals surface area contributed by atoms with Gasteiger partial charge in [0.2, 0.25) is 0 Å². The molecule has 0 fully saturated rings. The number of ether oxygens (including phenoxy) is 1. The number of benzene rings is 3. The van der Waals surface area contributed by atoms with Crippen LogP contribution in [0.4, 0.5) is 0 Å². The van der Waals surface area contributed by atoms with Gasteiger partial charge in [0.15, 0.2) is 0 Å². The van der Waals surface area contributed by atoms with Gasteiger partial charge in [0, 0.05) is 42.3 Å². The second-order valence-corrected chi connectivity index (χ2v) is 7.94. The summed E-state index contributed by atoms with van der Waals surface area (Å²) in [6.45, 7) is 2.01. The number of methoxy groups -OCH3 is 1. The lowest BCUT2D eigenvalue weighted by Gasteiger charge is -2.17. The van der Waals surface area contributed by atoms with E-state index in [1.807, 2.05) is 43.4 Å². The Bertz CT molecular complexity index is 1300. The van der Waals surface area contributed by atoms with Crippen molar-refractivity contribution in [2.24, 2.45) is 0 Å². The minimum Gasteiger partial charge on any atom is -0.497 e. The molecule has 4 aromatic rings. The molecule has 0 aliphatic rings. The molecule has 6 nitrogen and oxygen atoms in total. The molecule has 6 heteroatoms. The van der Waals surface area contributed by atoms with E-state index in [-0.39, 0.29) is 11.5 Å². The molecule has 1 aromatic heterocycles. The van der Waals surface area contributed by atoms with Crippen molar-refractivity contribution in [3.8, 4) is 11.4 Å². The van der Waals surface area contributed by atoms with Crippen LogP contribution in [0.1, 0.15) is 15.9 Å². The largest absolute Gasteiger partial charge is 0.497 e. The molecular formula is C27H27N3O3. The summed E-state index contributed by atoms with van der Waals surface area (Å²) in [6.07, 6.45) is 1.62. The summed E-state index contributed by atoms with van der Waals surface area (Å²) in [7, 11) is 3.62. The fraction of sp³-hybridized carbons (Fsp3) is 0.185. The van der Waals surface area contributed by atoms with Crippen molar-refractivity contribution < 1.29 is 9.53 Å².